The number of pyridine rings is 1. The predicted molar refractivity (Wildman–Crippen MR) is 99.4 cm³/mol. The molecule has 2 rings (SSSR count). The number of nitrogens with two attached hydrogens (primary N) is 1. The van der Waals surface area contributed by atoms with Crippen molar-refractivity contribution in [2.75, 3.05) is 13.2 Å². The third kappa shape index (κ3) is 7.17. The van der Waals surface area contributed by atoms with E-state index in [9.17, 15) is 0 Å². The van der Waals surface area contributed by atoms with Crippen molar-refractivity contribution in [2.45, 2.75) is 13.2 Å². The van der Waals surface area contributed by atoms with Crippen LogP contribution in [0, 0.1) is 0 Å². The van der Waals surface area contributed by atoms with E-state index < -0.39 is 0 Å². The molecule has 24 heavy (non-hydrogen) atoms. The number of benzene rings is 1. The Morgan fingerprint density at radius 3 is 2.71 bits per heavy atom. The second kappa shape index (κ2) is 10.3. The van der Waals surface area contributed by atoms with Crippen LogP contribution in [-0.2, 0) is 17.9 Å². The van der Waals surface area contributed by atoms with E-state index in [-0.39, 0.29) is 5.96 Å². The van der Waals surface area contributed by atoms with Gasteiger partial charge in [0.15, 0.2) is 11.1 Å². The van der Waals surface area contributed by atoms with Gasteiger partial charge in [-0.1, -0.05) is 36.4 Å². The first-order valence-electron chi connectivity index (χ1n) is 7.59. The number of aliphatic imine (C=N–C) groups is 1. The van der Waals surface area contributed by atoms with Crippen LogP contribution in [0.1, 0.15) is 11.1 Å². The molecule has 0 spiro atoms. The van der Waals surface area contributed by atoms with E-state index in [1.807, 2.05) is 42.5 Å². The fraction of sp³-hybridized carbons (Fsp3) is 0.235. The monoisotopic (exact) mass is 343 g/mol. The van der Waals surface area contributed by atoms with E-state index in [1.54, 1.807) is 12.4 Å². The van der Waals surface area contributed by atoms with Crippen molar-refractivity contribution in [3.05, 3.63) is 66.0 Å². The highest BCUT2D eigenvalue weighted by atomic mass is 32.1. The fourth-order valence-electron chi connectivity index (χ4n) is 1.88. The number of nitrogens with one attached hydrogen (secondary N) is 2. The van der Waals surface area contributed by atoms with Crippen LogP contribution in [-0.4, -0.2) is 29.2 Å². The topological polar surface area (TPSA) is 84.6 Å². The molecule has 0 bridgehead atoms. The lowest BCUT2D eigenvalue weighted by atomic mass is 10.2. The molecule has 0 amide bonds. The zero-order chi connectivity index (χ0) is 17.0. The molecule has 126 valence electrons. The SMILES string of the molecule is NC(=NCCOCc1ccccc1)NC(=S)NCc1cccnc1. The lowest BCUT2D eigenvalue weighted by Crippen LogP contribution is -2.43. The van der Waals surface area contributed by atoms with Crippen LogP contribution in [0.2, 0.25) is 0 Å². The molecule has 1 aromatic carbocycles. The van der Waals surface area contributed by atoms with Gasteiger partial charge in [0.1, 0.15) is 0 Å². The number of guanidine groups is 1. The molecule has 6 nitrogen and oxygen atoms in total. The Morgan fingerprint density at radius 1 is 1.17 bits per heavy atom. The summed E-state index contributed by atoms with van der Waals surface area (Å²) in [6.45, 7) is 2.10. The minimum atomic E-state index is 0.266. The summed E-state index contributed by atoms with van der Waals surface area (Å²) in [4.78, 5) is 8.21. The Bertz CT molecular complexity index is 649. The summed E-state index contributed by atoms with van der Waals surface area (Å²) in [6, 6.07) is 13.8. The van der Waals surface area contributed by atoms with E-state index in [2.05, 4.69) is 20.6 Å². The Hall–Kier alpha value is -2.51. The summed E-state index contributed by atoms with van der Waals surface area (Å²) in [5.41, 5.74) is 7.95. The van der Waals surface area contributed by atoms with E-state index in [0.29, 0.717) is 31.4 Å². The van der Waals surface area contributed by atoms with Crippen molar-refractivity contribution < 1.29 is 4.74 Å². The van der Waals surface area contributed by atoms with Gasteiger partial charge in [0.25, 0.3) is 0 Å². The molecular weight excluding hydrogens is 322 g/mol. The van der Waals surface area contributed by atoms with Crippen LogP contribution in [0.5, 0.6) is 0 Å². The summed E-state index contributed by atoms with van der Waals surface area (Å²) in [5, 5.41) is 6.29. The summed E-state index contributed by atoms with van der Waals surface area (Å²) in [6.07, 6.45) is 3.50. The van der Waals surface area contributed by atoms with E-state index in [1.165, 1.54) is 0 Å². The maximum Gasteiger partial charge on any atom is 0.194 e. The maximum atomic E-state index is 5.78. The summed E-state index contributed by atoms with van der Waals surface area (Å²) in [7, 11) is 0. The number of nitrogens with zero attached hydrogens (tertiary/aromatic N) is 2. The fourth-order valence-corrected chi connectivity index (χ4v) is 2.06. The Morgan fingerprint density at radius 2 is 1.96 bits per heavy atom. The van der Waals surface area contributed by atoms with Crippen LogP contribution in [0.3, 0.4) is 0 Å². The smallest absolute Gasteiger partial charge is 0.194 e. The first-order valence-corrected chi connectivity index (χ1v) is 8.00. The maximum absolute atomic E-state index is 5.78. The summed E-state index contributed by atoms with van der Waals surface area (Å²) < 4.78 is 5.53. The highest BCUT2D eigenvalue weighted by molar-refractivity contribution is 7.80. The van der Waals surface area contributed by atoms with Gasteiger partial charge in [-0.15, -0.1) is 0 Å². The van der Waals surface area contributed by atoms with Crippen LogP contribution in [0.4, 0.5) is 0 Å². The van der Waals surface area contributed by atoms with Crippen molar-refractivity contribution in [1.82, 2.24) is 15.6 Å². The zero-order valence-corrected chi connectivity index (χ0v) is 14.1. The number of rotatable bonds is 7. The van der Waals surface area contributed by atoms with Crippen LogP contribution >= 0.6 is 12.2 Å². The minimum Gasteiger partial charge on any atom is -0.375 e. The molecule has 1 heterocycles. The standard InChI is InChI=1S/C17H21N5OS/c18-16(20-9-10-23-13-14-5-2-1-3-6-14)22-17(24)21-12-15-7-4-8-19-11-15/h1-8,11H,9-10,12-13H2,(H4,18,20,21,22,24). The van der Waals surface area contributed by atoms with Crippen molar-refractivity contribution in [1.29, 1.82) is 0 Å². The third-order valence-electron chi connectivity index (χ3n) is 3.05. The Balaban J connectivity index is 1.60. The lowest BCUT2D eigenvalue weighted by Gasteiger charge is -2.09. The number of ether oxygens (including phenoxy) is 1. The van der Waals surface area contributed by atoms with Gasteiger partial charge in [0.2, 0.25) is 0 Å². The number of thiocarbonyl (C=S) groups is 1. The van der Waals surface area contributed by atoms with Crippen LogP contribution in [0.15, 0.2) is 59.9 Å². The van der Waals surface area contributed by atoms with Gasteiger partial charge in [0.05, 0.1) is 19.8 Å². The van der Waals surface area contributed by atoms with Gasteiger partial charge in [0, 0.05) is 18.9 Å². The summed E-state index contributed by atoms with van der Waals surface area (Å²) in [5.74, 6) is 0.266. The second-order valence-electron chi connectivity index (χ2n) is 4.97. The molecule has 2 aromatic rings. The molecule has 7 heteroatoms. The Labute approximate surface area is 147 Å². The highest BCUT2D eigenvalue weighted by Crippen LogP contribution is 1.99. The number of hydrogen-bond acceptors (Lipinski definition) is 4. The van der Waals surface area contributed by atoms with Crippen LogP contribution < -0.4 is 16.4 Å². The highest BCUT2D eigenvalue weighted by Gasteiger charge is 1.99. The normalized spacial score (nSPS) is 11.1. The Kier molecular flexibility index (Phi) is 7.66. The van der Waals surface area contributed by atoms with Crippen molar-refractivity contribution >= 4 is 23.3 Å². The van der Waals surface area contributed by atoms with Gasteiger partial charge < -0.3 is 21.1 Å². The molecule has 0 aliphatic rings. The zero-order valence-electron chi connectivity index (χ0n) is 13.3. The molecule has 0 saturated heterocycles. The van der Waals surface area contributed by atoms with E-state index in [4.69, 9.17) is 22.7 Å². The minimum absolute atomic E-state index is 0.266. The molecule has 0 unspecified atom stereocenters. The van der Waals surface area contributed by atoms with Crippen LogP contribution in [0.25, 0.3) is 0 Å². The van der Waals surface area contributed by atoms with Gasteiger partial charge in [-0.05, 0) is 29.4 Å². The first kappa shape index (κ1) is 17.8. The first-order chi connectivity index (χ1) is 11.7. The molecular formula is C17H21N5OS. The van der Waals surface area contributed by atoms with Gasteiger partial charge >= 0.3 is 0 Å². The third-order valence-corrected chi connectivity index (χ3v) is 3.29. The van der Waals surface area contributed by atoms with E-state index >= 15 is 0 Å². The van der Waals surface area contributed by atoms with E-state index in [0.717, 1.165) is 11.1 Å². The van der Waals surface area contributed by atoms with Crippen molar-refractivity contribution in [3.8, 4) is 0 Å². The molecule has 4 N–H and O–H groups in total. The van der Waals surface area contributed by atoms with Gasteiger partial charge in [-0.25, -0.2) is 0 Å². The molecule has 0 saturated carbocycles. The molecule has 0 aliphatic carbocycles. The molecule has 0 atom stereocenters. The average Bonchev–Trinajstić information content (AvgIpc) is 2.61. The molecule has 1 aromatic heterocycles. The second-order valence-corrected chi connectivity index (χ2v) is 5.38. The largest absolute Gasteiger partial charge is 0.375 e. The quantitative estimate of drug-likeness (QED) is 0.306. The molecule has 0 fully saturated rings. The molecule has 0 aliphatic heterocycles. The average molecular weight is 343 g/mol. The lowest BCUT2D eigenvalue weighted by molar-refractivity contribution is 0.128. The van der Waals surface area contributed by atoms with Crippen molar-refractivity contribution in [2.24, 2.45) is 10.7 Å². The van der Waals surface area contributed by atoms with Gasteiger partial charge in [-0.2, -0.15) is 0 Å². The predicted octanol–water partition coefficient (Wildman–Crippen LogP) is 1.58. The summed E-state index contributed by atoms with van der Waals surface area (Å²) >= 11 is 5.16. The van der Waals surface area contributed by atoms with Crippen molar-refractivity contribution in [3.63, 3.8) is 0 Å². The number of hydrogen-bond donors (Lipinski definition) is 3. The number of aromatic nitrogens is 1. The van der Waals surface area contributed by atoms with Gasteiger partial charge in [-0.3, -0.25) is 9.98 Å². The molecule has 0 radical (unpaired) electrons.